The molecular weight excluding hydrogens is 385 g/mol. The second kappa shape index (κ2) is 19.6. The van der Waals surface area contributed by atoms with E-state index in [1.165, 1.54) is 25.7 Å². The maximum Gasteiger partial charge on any atom is 1.00 e. The van der Waals surface area contributed by atoms with E-state index in [4.69, 9.17) is 4.89 Å². The summed E-state index contributed by atoms with van der Waals surface area (Å²) in [6.45, 7) is 2.32. The summed E-state index contributed by atoms with van der Waals surface area (Å²) in [6, 6.07) is 0. The van der Waals surface area contributed by atoms with Crippen LogP contribution in [0.25, 0.3) is 0 Å². The van der Waals surface area contributed by atoms with Gasteiger partial charge in [0.25, 0.3) is 0 Å². The molecule has 0 fully saturated rings. The molecule has 0 aliphatic rings. The van der Waals surface area contributed by atoms with Crippen LogP contribution >= 0.6 is 15.2 Å². The van der Waals surface area contributed by atoms with Crippen molar-refractivity contribution in [1.82, 2.24) is 4.90 Å². The standard InChI is InChI=1S/C12H29NO6P2.3Na/c1-2-3-4-5-6-7-8-9-10-13(11-20(14,15)16)12-21(17,18)19;;;/h2-12H2,1H3,(H2,14,15,16)(H2,17,18,19);;;/q;3*+1/p-3. The Hall–Kier alpha value is 3.26. The molecule has 0 aliphatic heterocycles. The predicted octanol–water partition coefficient (Wildman–Crippen LogP) is -8.18. The van der Waals surface area contributed by atoms with Crippen molar-refractivity contribution in [1.29, 1.82) is 0 Å². The molecule has 0 aromatic rings. The van der Waals surface area contributed by atoms with E-state index in [-0.39, 0.29) is 95.2 Å². The van der Waals surface area contributed by atoms with Gasteiger partial charge in [0, 0.05) is 6.29 Å². The van der Waals surface area contributed by atoms with Crippen molar-refractivity contribution in [2.75, 3.05) is 19.1 Å². The summed E-state index contributed by atoms with van der Waals surface area (Å²) in [6.07, 6.45) is 6.69. The fourth-order valence-electron chi connectivity index (χ4n) is 2.15. The number of nitrogens with zero attached hydrogens (tertiary/aromatic N) is 1. The Labute approximate surface area is 212 Å². The molecule has 0 saturated carbocycles. The third kappa shape index (κ3) is 27.5. The van der Waals surface area contributed by atoms with Crippen LogP contribution in [0.5, 0.6) is 0 Å². The molecule has 0 saturated heterocycles. The van der Waals surface area contributed by atoms with E-state index >= 15 is 0 Å². The number of unbranched alkanes of at least 4 members (excludes halogenated alkanes) is 7. The van der Waals surface area contributed by atoms with E-state index in [9.17, 15) is 23.8 Å². The smallest absolute Gasteiger partial charge is 0.810 e. The van der Waals surface area contributed by atoms with Crippen molar-refractivity contribution in [3.8, 4) is 0 Å². The molecular formula is C12H26NNa3O6P2. The molecule has 1 N–H and O–H groups in total. The summed E-state index contributed by atoms with van der Waals surface area (Å²) in [4.78, 5) is 42.0. The Bertz CT molecular complexity index is 343. The molecule has 0 bridgehead atoms. The van der Waals surface area contributed by atoms with Gasteiger partial charge in [-0.1, -0.05) is 59.5 Å². The molecule has 0 aromatic heterocycles. The van der Waals surface area contributed by atoms with Crippen LogP contribution in [-0.2, 0) is 9.13 Å². The Morgan fingerprint density at radius 2 is 1.21 bits per heavy atom. The second-order valence-corrected chi connectivity index (χ2v) is 8.46. The topological polar surface area (TPSA) is 127 Å². The van der Waals surface area contributed by atoms with Crippen molar-refractivity contribution < 1.29 is 117 Å². The van der Waals surface area contributed by atoms with E-state index in [0.29, 0.717) is 6.42 Å². The van der Waals surface area contributed by atoms with Gasteiger partial charge in [0.1, 0.15) is 7.60 Å². The zero-order valence-electron chi connectivity index (χ0n) is 15.6. The van der Waals surface area contributed by atoms with Crippen LogP contribution in [-0.4, -0.2) is 28.9 Å². The van der Waals surface area contributed by atoms with Gasteiger partial charge in [-0.2, -0.15) is 0 Å². The Morgan fingerprint density at radius 1 is 0.792 bits per heavy atom. The van der Waals surface area contributed by atoms with Crippen LogP contribution < -0.4 is 103 Å². The average Bonchev–Trinajstić information content (AvgIpc) is 2.28. The molecule has 1 unspecified atom stereocenters. The number of hydrogen-bond donors (Lipinski definition) is 1. The Morgan fingerprint density at radius 3 is 1.58 bits per heavy atom. The first kappa shape index (κ1) is 34.7. The monoisotopic (exact) mass is 411 g/mol. The molecule has 1 atom stereocenters. The molecule has 0 spiro atoms. The summed E-state index contributed by atoms with van der Waals surface area (Å²) in [7, 11) is -9.43. The van der Waals surface area contributed by atoms with E-state index in [1.807, 2.05) is 0 Å². The van der Waals surface area contributed by atoms with Gasteiger partial charge < -0.3 is 28.7 Å². The van der Waals surface area contributed by atoms with Crippen molar-refractivity contribution >= 4 is 15.2 Å². The van der Waals surface area contributed by atoms with Crippen LogP contribution in [0.3, 0.4) is 0 Å². The molecule has 0 amide bonds. The van der Waals surface area contributed by atoms with Crippen LogP contribution in [0.1, 0.15) is 58.3 Å². The average molecular weight is 411 g/mol. The third-order valence-corrected chi connectivity index (χ3v) is 4.58. The molecule has 0 aliphatic carbocycles. The number of rotatable bonds is 13. The third-order valence-electron chi connectivity index (χ3n) is 3.08. The van der Waals surface area contributed by atoms with Crippen LogP contribution in [0.4, 0.5) is 0 Å². The molecule has 0 heterocycles. The minimum atomic E-state index is -4.83. The summed E-state index contributed by atoms with van der Waals surface area (Å²) in [5, 5.41) is 0. The minimum absolute atomic E-state index is 0. The van der Waals surface area contributed by atoms with Crippen LogP contribution in [0.15, 0.2) is 0 Å². The summed E-state index contributed by atoms with van der Waals surface area (Å²) >= 11 is 0. The van der Waals surface area contributed by atoms with Gasteiger partial charge in [0.2, 0.25) is 0 Å². The second-order valence-electron chi connectivity index (χ2n) is 5.40. The maximum atomic E-state index is 10.8. The first-order valence-electron chi connectivity index (χ1n) is 7.40. The molecule has 12 heteroatoms. The zero-order valence-corrected chi connectivity index (χ0v) is 23.4. The van der Waals surface area contributed by atoms with Crippen molar-refractivity contribution in [3.05, 3.63) is 0 Å². The SMILES string of the molecule is CCCCCCCCCCN(CP(=O)([O-])[O-])CP(=O)([O-])O.[Na+].[Na+].[Na+]. The van der Waals surface area contributed by atoms with E-state index < -0.39 is 27.8 Å². The molecule has 7 nitrogen and oxygen atoms in total. The van der Waals surface area contributed by atoms with Crippen LogP contribution in [0.2, 0.25) is 0 Å². The summed E-state index contributed by atoms with van der Waals surface area (Å²) in [5.41, 5.74) is 0. The molecule has 0 rings (SSSR count). The fourth-order valence-corrected chi connectivity index (χ4v) is 3.79. The largest absolute Gasteiger partial charge is 1.00 e. The van der Waals surface area contributed by atoms with Gasteiger partial charge in [0.15, 0.2) is 0 Å². The van der Waals surface area contributed by atoms with E-state index in [0.717, 1.165) is 24.2 Å². The first-order chi connectivity index (χ1) is 9.64. The number of hydrogen-bond acceptors (Lipinski definition) is 6. The molecule has 24 heavy (non-hydrogen) atoms. The maximum absolute atomic E-state index is 10.8. The van der Waals surface area contributed by atoms with Crippen molar-refractivity contribution in [3.63, 3.8) is 0 Å². The summed E-state index contributed by atoms with van der Waals surface area (Å²) in [5.74, 6) is 0. The predicted molar refractivity (Wildman–Crippen MR) is 76.5 cm³/mol. The Kier molecular flexibility index (Phi) is 28.3. The zero-order chi connectivity index (χ0) is 16.4. The molecule has 0 aromatic carbocycles. The van der Waals surface area contributed by atoms with Gasteiger partial charge >= 0.3 is 88.7 Å². The minimum Gasteiger partial charge on any atom is -0.810 e. The van der Waals surface area contributed by atoms with Gasteiger partial charge in [-0.05, 0) is 13.0 Å². The van der Waals surface area contributed by atoms with Gasteiger partial charge in [-0.15, -0.1) is 0 Å². The summed E-state index contributed by atoms with van der Waals surface area (Å²) < 4.78 is 21.5. The quantitative estimate of drug-likeness (QED) is 0.181. The van der Waals surface area contributed by atoms with Crippen LogP contribution in [0, 0.1) is 0 Å². The first-order valence-corrected chi connectivity index (χ1v) is 10.9. The van der Waals surface area contributed by atoms with Gasteiger partial charge in [0.05, 0.1) is 6.29 Å². The van der Waals surface area contributed by atoms with Gasteiger partial charge in [-0.25, -0.2) is 0 Å². The van der Waals surface area contributed by atoms with Gasteiger partial charge in [-0.3, -0.25) is 4.90 Å². The Balaban J connectivity index is -0.000000667. The fraction of sp³-hybridized carbons (Fsp3) is 1.00. The van der Waals surface area contributed by atoms with E-state index in [1.54, 1.807) is 0 Å². The van der Waals surface area contributed by atoms with E-state index in [2.05, 4.69) is 6.92 Å². The van der Waals surface area contributed by atoms with Crippen molar-refractivity contribution in [2.24, 2.45) is 0 Å². The van der Waals surface area contributed by atoms with Crippen molar-refractivity contribution in [2.45, 2.75) is 58.3 Å². The molecule has 0 radical (unpaired) electrons. The molecule has 128 valence electrons. The normalized spacial score (nSPS) is 13.4.